The normalized spacial score (nSPS) is 24.4. The molecule has 1 heterocycles. The Balaban J connectivity index is 2.12. The van der Waals surface area contributed by atoms with E-state index >= 15 is 0 Å². The summed E-state index contributed by atoms with van der Waals surface area (Å²) >= 11 is 3.47. The fraction of sp³-hybridized carbons (Fsp3) is 0.462. The Morgan fingerprint density at radius 2 is 2.22 bits per heavy atom. The van der Waals surface area contributed by atoms with E-state index in [-0.39, 0.29) is 19.1 Å². The first-order valence-corrected chi connectivity index (χ1v) is 6.59. The lowest BCUT2D eigenvalue weighted by molar-refractivity contribution is -0.167. The third-order valence-corrected chi connectivity index (χ3v) is 3.85. The maximum absolute atomic E-state index is 11.8. The van der Waals surface area contributed by atoms with Gasteiger partial charge in [0.05, 0.1) is 13.2 Å². The van der Waals surface area contributed by atoms with Crippen LogP contribution in [0.3, 0.4) is 0 Å². The molecule has 1 N–H and O–H groups in total. The zero-order valence-electron chi connectivity index (χ0n) is 10.2. The van der Waals surface area contributed by atoms with Crippen molar-refractivity contribution >= 4 is 21.8 Å². The van der Waals surface area contributed by atoms with Crippen molar-refractivity contribution in [1.29, 1.82) is 0 Å². The molecule has 2 rings (SSSR count). The van der Waals surface area contributed by atoms with Crippen LogP contribution in [0.5, 0.6) is 0 Å². The molecule has 0 radical (unpaired) electrons. The van der Waals surface area contributed by atoms with E-state index in [4.69, 9.17) is 4.74 Å². The second-order valence-corrected chi connectivity index (χ2v) is 5.59. The van der Waals surface area contributed by atoms with Gasteiger partial charge in [-0.15, -0.1) is 0 Å². The summed E-state index contributed by atoms with van der Waals surface area (Å²) in [5.74, 6) is -0.0447. The molecule has 1 atom stereocenters. The third kappa shape index (κ3) is 2.91. The minimum absolute atomic E-state index is 0.0293. The van der Waals surface area contributed by atoms with Crippen molar-refractivity contribution in [3.8, 4) is 0 Å². The van der Waals surface area contributed by atoms with Gasteiger partial charge in [0.15, 0.2) is 0 Å². The number of amides is 1. The van der Waals surface area contributed by atoms with Crippen LogP contribution < -0.4 is 0 Å². The SMILES string of the molecule is CC1(CO)CN(Cc2ccccc2Br)C(=O)CO1. The van der Waals surface area contributed by atoms with Gasteiger partial charge in [0.25, 0.3) is 0 Å². The second kappa shape index (κ2) is 5.38. The largest absolute Gasteiger partial charge is 0.393 e. The molecule has 18 heavy (non-hydrogen) atoms. The van der Waals surface area contributed by atoms with E-state index in [1.165, 1.54) is 0 Å². The highest BCUT2D eigenvalue weighted by Crippen LogP contribution is 2.22. The zero-order valence-corrected chi connectivity index (χ0v) is 11.8. The summed E-state index contributed by atoms with van der Waals surface area (Å²) in [7, 11) is 0. The van der Waals surface area contributed by atoms with Crippen molar-refractivity contribution in [2.45, 2.75) is 19.1 Å². The molecule has 5 heteroatoms. The average molecular weight is 314 g/mol. The lowest BCUT2D eigenvalue weighted by atomic mass is 10.0. The lowest BCUT2D eigenvalue weighted by Crippen LogP contribution is -2.54. The number of aliphatic hydroxyl groups excluding tert-OH is 1. The molecule has 0 spiro atoms. The fourth-order valence-electron chi connectivity index (χ4n) is 1.94. The third-order valence-electron chi connectivity index (χ3n) is 3.08. The Labute approximate surface area is 115 Å². The number of aliphatic hydroxyl groups is 1. The highest BCUT2D eigenvalue weighted by Gasteiger charge is 2.35. The van der Waals surface area contributed by atoms with Gasteiger partial charge in [0.2, 0.25) is 5.91 Å². The highest BCUT2D eigenvalue weighted by molar-refractivity contribution is 9.10. The summed E-state index contributed by atoms with van der Waals surface area (Å²) in [5, 5.41) is 9.30. The van der Waals surface area contributed by atoms with Gasteiger partial charge in [-0.1, -0.05) is 34.1 Å². The summed E-state index contributed by atoms with van der Waals surface area (Å²) in [6.45, 7) is 2.68. The molecule has 1 aromatic rings. The summed E-state index contributed by atoms with van der Waals surface area (Å²) in [6, 6.07) is 7.80. The number of nitrogens with zero attached hydrogens (tertiary/aromatic N) is 1. The van der Waals surface area contributed by atoms with Crippen molar-refractivity contribution in [3.05, 3.63) is 34.3 Å². The van der Waals surface area contributed by atoms with Crippen molar-refractivity contribution in [3.63, 3.8) is 0 Å². The molecule has 1 fully saturated rings. The summed E-state index contributed by atoms with van der Waals surface area (Å²) in [5.41, 5.74) is 0.392. The molecule has 1 aromatic carbocycles. The number of rotatable bonds is 3. The van der Waals surface area contributed by atoms with Crippen molar-refractivity contribution in [1.82, 2.24) is 4.90 Å². The Bertz CT molecular complexity index is 452. The fourth-order valence-corrected chi connectivity index (χ4v) is 2.35. The van der Waals surface area contributed by atoms with Crippen LogP contribution in [0.4, 0.5) is 0 Å². The topological polar surface area (TPSA) is 49.8 Å². The second-order valence-electron chi connectivity index (χ2n) is 4.74. The zero-order chi connectivity index (χ0) is 13.2. The standard InChI is InChI=1S/C13H16BrNO3/c1-13(9-16)8-15(12(17)7-18-13)6-10-4-2-3-5-11(10)14/h2-5,16H,6-9H2,1H3. The predicted octanol–water partition coefficient (Wildman–Crippen LogP) is 1.56. The number of hydrogen-bond acceptors (Lipinski definition) is 3. The molecule has 0 aliphatic carbocycles. The van der Waals surface area contributed by atoms with Crippen molar-refractivity contribution in [2.75, 3.05) is 19.8 Å². The van der Waals surface area contributed by atoms with E-state index in [0.29, 0.717) is 13.1 Å². The minimum atomic E-state index is -0.658. The van der Waals surface area contributed by atoms with Crippen LogP contribution in [-0.2, 0) is 16.1 Å². The van der Waals surface area contributed by atoms with E-state index in [1.54, 1.807) is 4.90 Å². The molecular weight excluding hydrogens is 298 g/mol. The minimum Gasteiger partial charge on any atom is -0.393 e. The molecule has 1 unspecified atom stereocenters. The van der Waals surface area contributed by atoms with Crippen LogP contribution in [0.1, 0.15) is 12.5 Å². The summed E-state index contributed by atoms with van der Waals surface area (Å²) < 4.78 is 6.35. The van der Waals surface area contributed by atoms with Gasteiger partial charge < -0.3 is 14.7 Å². The number of benzene rings is 1. The molecular formula is C13H16BrNO3. The number of carbonyl (C=O) groups is 1. The Hall–Kier alpha value is -0.910. The number of carbonyl (C=O) groups excluding carboxylic acids is 1. The quantitative estimate of drug-likeness (QED) is 0.921. The first-order chi connectivity index (χ1) is 8.54. The summed E-state index contributed by atoms with van der Waals surface area (Å²) in [6.07, 6.45) is 0. The van der Waals surface area contributed by atoms with E-state index < -0.39 is 5.60 Å². The summed E-state index contributed by atoms with van der Waals surface area (Å²) in [4.78, 5) is 13.5. The Morgan fingerprint density at radius 3 is 2.89 bits per heavy atom. The molecule has 1 aliphatic rings. The molecule has 98 valence electrons. The highest BCUT2D eigenvalue weighted by atomic mass is 79.9. The molecule has 4 nitrogen and oxygen atoms in total. The molecule has 1 aliphatic heterocycles. The van der Waals surface area contributed by atoms with E-state index in [2.05, 4.69) is 15.9 Å². The Kier molecular flexibility index (Phi) is 4.04. The predicted molar refractivity (Wildman–Crippen MR) is 71.0 cm³/mol. The average Bonchev–Trinajstić information content (AvgIpc) is 2.37. The first-order valence-electron chi connectivity index (χ1n) is 5.80. The van der Waals surface area contributed by atoms with E-state index in [9.17, 15) is 9.90 Å². The van der Waals surface area contributed by atoms with E-state index in [1.807, 2.05) is 31.2 Å². The van der Waals surface area contributed by atoms with Gasteiger partial charge >= 0.3 is 0 Å². The van der Waals surface area contributed by atoms with Crippen molar-refractivity contribution in [2.24, 2.45) is 0 Å². The molecule has 1 amide bonds. The van der Waals surface area contributed by atoms with Crippen LogP contribution in [0.15, 0.2) is 28.7 Å². The number of ether oxygens (including phenoxy) is 1. The van der Waals surface area contributed by atoms with Crippen molar-refractivity contribution < 1.29 is 14.6 Å². The van der Waals surface area contributed by atoms with Crippen LogP contribution in [0.25, 0.3) is 0 Å². The maximum Gasteiger partial charge on any atom is 0.249 e. The maximum atomic E-state index is 11.8. The van der Waals surface area contributed by atoms with Crippen LogP contribution >= 0.6 is 15.9 Å². The van der Waals surface area contributed by atoms with Crippen LogP contribution in [-0.4, -0.2) is 41.3 Å². The smallest absolute Gasteiger partial charge is 0.249 e. The van der Waals surface area contributed by atoms with Crippen LogP contribution in [0.2, 0.25) is 0 Å². The Morgan fingerprint density at radius 1 is 1.50 bits per heavy atom. The van der Waals surface area contributed by atoms with Gasteiger partial charge in [-0.25, -0.2) is 0 Å². The lowest BCUT2D eigenvalue weighted by Gasteiger charge is -2.39. The molecule has 0 bridgehead atoms. The number of hydrogen-bond donors (Lipinski definition) is 1. The molecule has 0 aromatic heterocycles. The molecule has 1 saturated heterocycles. The molecule has 0 saturated carbocycles. The van der Waals surface area contributed by atoms with Gasteiger partial charge in [-0.2, -0.15) is 0 Å². The van der Waals surface area contributed by atoms with Gasteiger partial charge in [-0.05, 0) is 18.6 Å². The van der Waals surface area contributed by atoms with Crippen LogP contribution in [0, 0.1) is 0 Å². The van der Waals surface area contributed by atoms with Gasteiger partial charge in [0, 0.05) is 11.0 Å². The number of morpholine rings is 1. The van der Waals surface area contributed by atoms with Gasteiger partial charge in [-0.3, -0.25) is 4.79 Å². The van der Waals surface area contributed by atoms with Gasteiger partial charge in [0.1, 0.15) is 12.2 Å². The first kappa shape index (κ1) is 13.5. The monoisotopic (exact) mass is 313 g/mol. The number of halogens is 1. The van der Waals surface area contributed by atoms with E-state index in [0.717, 1.165) is 10.0 Å².